The molecule has 5 nitrogen and oxygen atoms in total. The van der Waals surface area contributed by atoms with Crippen LogP contribution in [-0.4, -0.2) is 17.7 Å². The molecule has 2 aromatic rings. The Morgan fingerprint density at radius 2 is 2.10 bits per heavy atom. The van der Waals surface area contributed by atoms with Crippen molar-refractivity contribution in [1.29, 1.82) is 0 Å². The van der Waals surface area contributed by atoms with Crippen LogP contribution in [0, 0.1) is 0 Å². The van der Waals surface area contributed by atoms with Gasteiger partial charge in [0.1, 0.15) is 11.4 Å². The molecule has 1 unspecified atom stereocenters. The van der Waals surface area contributed by atoms with E-state index in [0.717, 1.165) is 0 Å². The summed E-state index contributed by atoms with van der Waals surface area (Å²) in [4.78, 5) is 11.8. The normalized spacial score (nSPS) is 13.5. The average Bonchev–Trinajstić information content (AvgIpc) is 2.96. The maximum absolute atomic E-state index is 11.8. The van der Waals surface area contributed by atoms with Crippen molar-refractivity contribution in [2.75, 3.05) is 11.9 Å². The van der Waals surface area contributed by atoms with Crippen LogP contribution in [0.3, 0.4) is 0 Å². The Labute approximate surface area is 131 Å². The van der Waals surface area contributed by atoms with Crippen LogP contribution >= 0.6 is 23.2 Å². The SMILES string of the molecule is CC(O)(CNC(=O)Nc1ccc(Cl)c(Cl)c1)c1ccco1. The van der Waals surface area contributed by atoms with Crippen LogP contribution in [0.1, 0.15) is 12.7 Å². The Bertz CT molecular complexity index is 627. The molecule has 7 heteroatoms. The first-order valence-electron chi connectivity index (χ1n) is 6.15. The number of hydrogen-bond acceptors (Lipinski definition) is 3. The molecule has 1 atom stereocenters. The predicted molar refractivity (Wildman–Crippen MR) is 81.8 cm³/mol. The summed E-state index contributed by atoms with van der Waals surface area (Å²) in [7, 11) is 0. The minimum absolute atomic E-state index is 0.00628. The van der Waals surface area contributed by atoms with Crippen LogP contribution in [-0.2, 0) is 5.60 Å². The lowest BCUT2D eigenvalue weighted by Gasteiger charge is -2.21. The third-order valence-corrected chi connectivity index (χ3v) is 3.56. The number of urea groups is 1. The molecule has 3 N–H and O–H groups in total. The van der Waals surface area contributed by atoms with Gasteiger partial charge < -0.3 is 20.2 Å². The van der Waals surface area contributed by atoms with E-state index in [4.69, 9.17) is 27.6 Å². The summed E-state index contributed by atoms with van der Waals surface area (Å²) < 4.78 is 5.12. The molecule has 21 heavy (non-hydrogen) atoms. The maximum atomic E-state index is 11.8. The second-order valence-electron chi connectivity index (χ2n) is 4.69. The molecule has 0 fully saturated rings. The van der Waals surface area contributed by atoms with Gasteiger partial charge in [0.15, 0.2) is 0 Å². The molecule has 2 amide bonds. The number of hydrogen-bond donors (Lipinski definition) is 3. The van der Waals surface area contributed by atoms with Gasteiger partial charge in [-0.15, -0.1) is 0 Å². The van der Waals surface area contributed by atoms with Crippen LogP contribution < -0.4 is 10.6 Å². The van der Waals surface area contributed by atoms with Gasteiger partial charge in [-0.05, 0) is 37.3 Å². The summed E-state index contributed by atoms with van der Waals surface area (Å²) in [5.41, 5.74) is -0.794. The third kappa shape index (κ3) is 4.14. The number of aliphatic hydroxyl groups is 1. The van der Waals surface area contributed by atoms with Crippen molar-refractivity contribution < 1.29 is 14.3 Å². The van der Waals surface area contributed by atoms with Crippen molar-refractivity contribution >= 4 is 34.9 Å². The molecule has 0 radical (unpaired) electrons. The number of halogens is 2. The number of carbonyl (C=O) groups excluding carboxylic acids is 1. The van der Waals surface area contributed by atoms with E-state index >= 15 is 0 Å². The Kier molecular flexibility index (Phi) is 4.77. The summed E-state index contributed by atoms with van der Waals surface area (Å²) in [6.07, 6.45) is 1.46. The number of benzene rings is 1. The van der Waals surface area contributed by atoms with Crippen LogP contribution in [0.2, 0.25) is 10.0 Å². The monoisotopic (exact) mass is 328 g/mol. The summed E-state index contributed by atoms with van der Waals surface area (Å²) in [5.74, 6) is 0.373. The van der Waals surface area contributed by atoms with Crippen LogP contribution in [0.25, 0.3) is 0 Å². The van der Waals surface area contributed by atoms with E-state index in [1.165, 1.54) is 12.3 Å². The largest absolute Gasteiger partial charge is 0.466 e. The highest BCUT2D eigenvalue weighted by Gasteiger charge is 2.26. The molecular weight excluding hydrogens is 315 g/mol. The Morgan fingerprint density at radius 1 is 1.33 bits per heavy atom. The molecule has 0 aliphatic heterocycles. The van der Waals surface area contributed by atoms with E-state index in [9.17, 15) is 9.90 Å². The van der Waals surface area contributed by atoms with Crippen LogP contribution in [0.15, 0.2) is 41.0 Å². The van der Waals surface area contributed by atoms with E-state index in [1.54, 1.807) is 31.2 Å². The van der Waals surface area contributed by atoms with Gasteiger partial charge in [-0.3, -0.25) is 0 Å². The zero-order valence-electron chi connectivity index (χ0n) is 11.2. The van der Waals surface area contributed by atoms with Crippen molar-refractivity contribution in [1.82, 2.24) is 5.32 Å². The summed E-state index contributed by atoms with van der Waals surface area (Å²) in [6, 6.07) is 7.57. The molecule has 0 bridgehead atoms. The Hall–Kier alpha value is -1.69. The van der Waals surface area contributed by atoms with Gasteiger partial charge in [0, 0.05) is 5.69 Å². The minimum atomic E-state index is -1.29. The van der Waals surface area contributed by atoms with Crippen molar-refractivity contribution in [3.63, 3.8) is 0 Å². The zero-order valence-corrected chi connectivity index (χ0v) is 12.7. The van der Waals surface area contributed by atoms with E-state index in [-0.39, 0.29) is 6.54 Å². The van der Waals surface area contributed by atoms with E-state index in [2.05, 4.69) is 10.6 Å². The highest BCUT2D eigenvalue weighted by atomic mass is 35.5. The van der Waals surface area contributed by atoms with Gasteiger partial charge in [-0.1, -0.05) is 23.2 Å². The van der Waals surface area contributed by atoms with Gasteiger partial charge in [-0.25, -0.2) is 4.79 Å². The predicted octanol–water partition coefficient (Wildman–Crippen LogP) is 3.62. The molecule has 0 saturated carbocycles. The number of anilines is 1. The minimum Gasteiger partial charge on any atom is -0.466 e. The van der Waals surface area contributed by atoms with Crippen molar-refractivity contribution in [3.8, 4) is 0 Å². The van der Waals surface area contributed by atoms with Crippen molar-refractivity contribution in [3.05, 3.63) is 52.4 Å². The number of nitrogens with one attached hydrogen (secondary N) is 2. The first kappa shape index (κ1) is 15.7. The highest BCUT2D eigenvalue weighted by molar-refractivity contribution is 6.42. The quantitative estimate of drug-likeness (QED) is 0.802. The molecule has 1 heterocycles. The van der Waals surface area contributed by atoms with Gasteiger partial charge in [0.25, 0.3) is 0 Å². The third-order valence-electron chi connectivity index (χ3n) is 2.82. The fraction of sp³-hybridized carbons (Fsp3) is 0.214. The second-order valence-corrected chi connectivity index (χ2v) is 5.50. The van der Waals surface area contributed by atoms with Gasteiger partial charge >= 0.3 is 6.03 Å². The van der Waals surface area contributed by atoms with Crippen molar-refractivity contribution in [2.24, 2.45) is 0 Å². The lowest BCUT2D eigenvalue weighted by Crippen LogP contribution is -2.40. The molecule has 0 aliphatic rings. The molecule has 112 valence electrons. The number of carbonyl (C=O) groups is 1. The highest BCUT2D eigenvalue weighted by Crippen LogP contribution is 2.25. The summed E-state index contributed by atoms with van der Waals surface area (Å²) in [5, 5.41) is 16.1. The van der Waals surface area contributed by atoms with E-state index in [0.29, 0.717) is 21.5 Å². The molecule has 1 aromatic carbocycles. The standard InChI is InChI=1S/C14H14Cl2N2O3/c1-14(20,12-3-2-6-21-12)8-17-13(19)18-9-4-5-10(15)11(16)7-9/h2-7,20H,8H2,1H3,(H2,17,18,19). The van der Waals surface area contributed by atoms with Crippen molar-refractivity contribution in [2.45, 2.75) is 12.5 Å². The lowest BCUT2D eigenvalue weighted by atomic mass is 10.0. The number of furan rings is 1. The maximum Gasteiger partial charge on any atom is 0.319 e. The molecule has 1 aromatic heterocycles. The fourth-order valence-corrected chi connectivity index (χ4v) is 1.97. The zero-order chi connectivity index (χ0) is 15.5. The fourth-order valence-electron chi connectivity index (χ4n) is 1.67. The number of amides is 2. The summed E-state index contributed by atoms with van der Waals surface area (Å²) in [6.45, 7) is 1.54. The second kappa shape index (κ2) is 6.39. The summed E-state index contributed by atoms with van der Waals surface area (Å²) >= 11 is 11.6. The van der Waals surface area contributed by atoms with E-state index in [1.807, 2.05) is 0 Å². The molecule has 0 saturated heterocycles. The molecule has 2 rings (SSSR count). The smallest absolute Gasteiger partial charge is 0.319 e. The van der Waals surface area contributed by atoms with E-state index < -0.39 is 11.6 Å². The van der Waals surface area contributed by atoms with Crippen LogP contribution in [0.4, 0.5) is 10.5 Å². The van der Waals surface area contributed by atoms with Gasteiger partial charge in [0.05, 0.1) is 22.9 Å². The first-order chi connectivity index (χ1) is 9.88. The molecule has 0 aliphatic carbocycles. The topological polar surface area (TPSA) is 74.5 Å². The molecular formula is C14H14Cl2N2O3. The number of rotatable bonds is 4. The average molecular weight is 329 g/mol. The lowest BCUT2D eigenvalue weighted by molar-refractivity contribution is 0.0372. The Morgan fingerprint density at radius 3 is 2.71 bits per heavy atom. The Balaban J connectivity index is 1.91. The van der Waals surface area contributed by atoms with Gasteiger partial charge in [-0.2, -0.15) is 0 Å². The first-order valence-corrected chi connectivity index (χ1v) is 6.90. The van der Waals surface area contributed by atoms with Gasteiger partial charge in [0.2, 0.25) is 0 Å². The van der Waals surface area contributed by atoms with Crippen LogP contribution in [0.5, 0.6) is 0 Å². The molecule has 0 spiro atoms.